The van der Waals surface area contributed by atoms with E-state index in [9.17, 15) is 13.2 Å². The Kier molecular flexibility index (Phi) is 7.53. The lowest BCUT2D eigenvalue weighted by Crippen LogP contribution is -2.41. The number of hydrogen-bond acceptors (Lipinski definition) is 5. The number of para-hydroxylation sites is 2. The van der Waals surface area contributed by atoms with Crippen molar-refractivity contribution in [3.8, 4) is 11.5 Å². The standard InChI is InChI=1S/C19H23ClN2O5S/c1-14-8-9-15(12-16(14)20)22(28(3,24)25)13-19(23)21-10-11-27-18-7-5-4-6-17(18)26-2/h4-9,12H,10-11,13H2,1-3H3,(H,21,23). The van der Waals surface area contributed by atoms with Gasteiger partial charge in [0.1, 0.15) is 13.2 Å². The molecule has 0 spiro atoms. The highest BCUT2D eigenvalue weighted by molar-refractivity contribution is 7.92. The van der Waals surface area contributed by atoms with Gasteiger partial charge in [0.05, 0.1) is 25.6 Å². The van der Waals surface area contributed by atoms with Crippen LogP contribution in [0.1, 0.15) is 5.56 Å². The van der Waals surface area contributed by atoms with Crippen LogP contribution in [0.2, 0.25) is 5.02 Å². The number of methoxy groups -OCH3 is 1. The fourth-order valence-electron chi connectivity index (χ4n) is 2.41. The molecule has 2 aromatic carbocycles. The summed E-state index contributed by atoms with van der Waals surface area (Å²) in [5.41, 5.74) is 1.15. The molecular formula is C19H23ClN2O5S. The number of amides is 1. The maximum Gasteiger partial charge on any atom is 0.240 e. The van der Waals surface area contributed by atoms with Crippen LogP contribution in [0.4, 0.5) is 5.69 Å². The Hall–Kier alpha value is -2.45. The van der Waals surface area contributed by atoms with E-state index in [1.54, 1.807) is 31.4 Å². The van der Waals surface area contributed by atoms with Crippen LogP contribution in [-0.4, -0.2) is 47.4 Å². The summed E-state index contributed by atoms with van der Waals surface area (Å²) in [6.07, 6.45) is 1.04. The van der Waals surface area contributed by atoms with Crippen molar-refractivity contribution in [1.29, 1.82) is 0 Å². The zero-order valence-electron chi connectivity index (χ0n) is 15.9. The number of anilines is 1. The van der Waals surface area contributed by atoms with Crippen LogP contribution in [0.15, 0.2) is 42.5 Å². The van der Waals surface area contributed by atoms with E-state index in [-0.39, 0.29) is 19.7 Å². The van der Waals surface area contributed by atoms with Crippen LogP contribution in [0.25, 0.3) is 0 Å². The van der Waals surface area contributed by atoms with E-state index in [0.29, 0.717) is 22.2 Å². The van der Waals surface area contributed by atoms with Gasteiger partial charge in [-0.1, -0.05) is 29.8 Å². The van der Waals surface area contributed by atoms with Gasteiger partial charge in [0.25, 0.3) is 0 Å². The molecule has 7 nitrogen and oxygen atoms in total. The number of aryl methyl sites for hydroxylation is 1. The molecule has 0 heterocycles. The van der Waals surface area contributed by atoms with Crippen LogP contribution < -0.4 is 19.1 Å². The first-order valence-electron chi connectivity index (χ1n) is 8.48. The van der Waals surface area contributed by atoms with Gasteiger partial charge < -0.3 is 14.8 Å². The Balaban J connectivity index is 1.94. The number of sulfonamides is 1. The van der Waals surface area contributed by atoms with E-state index in [1.165, 1.54) is 6.07 Å². The van der Waals surface area contributed by atoms with Gasteiger partial charge in [-0.3, -0.25) is 9.10 Å². The molecule has 0 aliphatic heterocycles. The number of rotatable bonds is 9. The Morgan fingerprint density at radius 1 is 1.18 bits per heavy atom. The molecule has 0 saturated carbocycles. The monoisotopic (exact) mass is 426 g/mol. The second-order valence-electron chi connectivity index (χ2n) is 6.05. The highest BCUT2D eigenvalue weighted by Gasteiger charge is 2.21. The molecule has 0 aliphatic carbocycles. The predicted octanol–water partition coefficient (Wildman–Crippen LogP) is 2.62. The zero-order valence-corrected chi connectivity index (χ0v) is 17.5. The summed E-state index contributed by atoms with van der Waals surface area (Å²) in [6.45, 7) is 1.88. The average Bonchev–Trinajstić information content (AvgIpc) is 2.65. The number of nitrogens with one attached hydrogen (secondary N) is 1. The van der Waals surface area contributed by atoms with E-state index < -0.39 is 15.9 Å². The van der Waals surface area contributed by atoms with Gasteiger partial charge in [0.2, 0.25) is 15.9 Å². The summed E-state index contributed by atoms with van der Waals surface area (Å²) in [7, 11) is -2.12. The third-order valence-corrected chi connectivity index (χ3v) is 5.43. The minimum atomic E-state index is -3.66. The SMILES string of the molecule is COc1ccccc1OCCNC(=O)CN(c1ccc(C)c(Cl)c1)S(C)(=O)=O. The van der Waals surface area contributed by atoms with E-state index in [1.807, 2.05) is 19.1 Å². The zero-order chi connectivity index (χ0) is 20.7. The van der Waals surface area contributed by atoms with E-state index in [2.05, 4.69) is 5.32 Å². The van der Waals surface area contributed by atoms with Crippen molar-refractivity contribution < 1.29 is 22.7 Å². The second-order valence-corrected chi connectivity index (χ2v) is 8.37. The van der Waals surface area contributed by atoms with Gasteiger partial charge in [0, 0.05) is 5.02 Å². The quantitative estimate of drug-likeness (QED) is 0.623. The molecule has 2 aromatic rings. The summed E-state index contributed by atoms with van der Waals surface area (Å²) >= 11 is 6.08. The summed E-state index contributed by atoms with van der Waals surface area (Å²) in [5, 5.41) is 3.07. The van der Waals surface area contributed by atoms with Gasteiger partial charge in [-0.25, -0.2) is 8.42 Å². The molecule has 0 aromatic heterocycles. The molecule has 0 bridgehead atoms. The normalized spacial score (nSPS) is 11.0. The summed E-state index contributed by atoms with van der Waals surface area (Å²) in [5.74, 6) is 0.699. The number of benzene rings is 2. The minimum Gasteiger partial charge on any atom is -0.493 e. The lowest BCUT2D eigenvalue weighted by Gasteiger charge is -2.22. The number of halogens is 1. The average molecular weight is 427 g/mol. The molecule has 0 saturated heterocycles. The second kappa shape index (κ2) is 9.66. The van der Waals surface area contributed by atoms with Crippen molar-refractivity contribution in [2.75, 3.05) is 37.4 Å². The molecule has 0 atom stereocenters. The van der Waals surface area contributed by atoms with Gasteiger partial charge in [-0.15, -0.1) is 0 Å². The largest absolute Gasteiger partial charge is 0.493 e. The molecule has 0 unspecified atom stereocenters. The lowest BCUT2D eigenvalue weighted by molar-refractivity contribution is -0.119. The smallest absolute Gasteiger partial charge is 0.240 e. The molecule has 1 amide bonds. The summed E-state index contributed by atoms with van der Waals surface area (Å²) in [6, 6.07) is 12.0. The molecule has 1 N–H and O–H groups in total. The van der Waals surface area contributed by atoms with Crippen LogP contribution >= 0.6 is 11.6 Å². The Morgan fingerprint density at radius 2 is 1.86 bits per heavy atom. The third kappa shape index (κ3) is 6.03. The third-order valence-electron chi connectivity index (χ3n) is 3.88. The molecule has 28 heavy (non-hydrogen) atoms. The molecule has 0 fully saturated rings. The molecule has 0 aliphatic rings. The summed E-state index contributed by atoms with van der Waals surface area (Å²) in [4.78, 5) is 12.2. The first-order valence-corrected chi connectivity index (χ1v) is 10.7. The van der Waals surface area contributed by atoms with Gasteiger partial charge >= 0.3 is 0 Å². The lowest BCUT2D eigenvalue weighted by atomic mass is 10.2. The highest BCUT2D eigenvalue weighted by Crippen LogP contribution is 2.26. The van der Waals surface area contributed by atoms with E-state index >= 15 is 0 Å². The van der Waals surface area contributed by atoms with Crippen molar-refractivity contribution in [2.45, 2.75) is 6.92 Å². The molecule has 9 heteroatoms. The van der Waals surface area contributed by atoms with Crippen molar-refractivity contribution in [2.24, 2.45) is 0 Å². The highest BCUT2D eigenvalue weighted by atomic mass is 35.5. The maximum absolute atomic E-state index is 12.2. The molecular weight excluding hydrogens is 404 g/mol. The number of carbonyl (C=O) groups is 1. The minimum absolute atomic E-state index is 0.210. The van der Waals surface area contributed by atoms with Crippen molar-refractivity contribution in [3.05, 3.63) is 53.1 Å². The first kappa shape index (κ1) is 21.8. The van der Waals surface area contributed by atoms with Crippen LogP contribution in [0.3, 0.4) is 0 Å². The molecule has 152 valence electrons. The van der Waals surface area contributed by atoms with E-state index in [0.717, 1.165) is 16.1 Å². The fraction of sp³-hybridized carbons (Fsp3) is 0.316. The Bertz CT molecular complexity index is 934. The van der Waals surface area contributed by atoms with Crippen molar-refractivity contribution in [1.82, 2.24) is 5.32 Å². The van der Waals surface area contributed by atoms with Crippen LogP contribution in [0, 0.1) is 6.92 Å². The fourth-order valence-corrected chi connectivity index (χ4v) is 3.44. The van der Waals surface area contributed by atoms with Crippen LogP contribution in [-0.2, 0) is 14.8 Å². The number of hydrogen-bond donors (Lipinski definition) is 1. The van der Waals surface area contributed by atoms with Gasteiger partial charge in [0.15, 0.2) is 11.5 Å². The Morgan fingerprint density at radius 3 is 2.46 bits per heavy atom. The van der Waals surface area contributed by atoms with Crippen molar-refractivity contribution in [3.63, 3.8) is 0 Å². The number of carbonyl (C=O) groups excluding carboxylic acids is 1. The molecule has 2 rings (SSSR count). The first-order chi connectivity index (χ1) is 13.2. The van der Waals surface area contributed by atoms with Gasteiger partial charge in [-0.05, 0) is 36.8 Å². The van der Waals surface area contributed by atoms with Crippen molar-refractivity contribution >= 4 is 33.2 Å². The predicted molar refractivity (Wildman–Crippen MR) is 110 cm³/mol. The Labute approximate surface area is 170 Å². The van der Waals surface area contributed by atoms with E-state index in [4.69, 9.17) is 21.1 Å². The van der Waals surface area contributed by atoms with Crippen LogP contribution in [0.5, 0.6) is 11.5 Å². The topological polar surface area (TPSA) is 84.9 Å². The number of ether oxygens (including phenoxy) is 2. The maximum atomic E-state index is 12.2. The molecule has 0 radical (unpaired) electrons. The summed E-state index contributed by atoms with van der Waals surface area (Å²) < 4.78 is 36.0. The van der Waals surface area contributed by atoms with Gasteiger partial charge in [-0.2, -0.15) is 0 Å². The number of nitrogens with zero attached hydrogens (tertiary/aromatic N) is 1.